The number of carboxylic acid groups (broad SMARTS) is 1. The third-order valence-corrected chi connectivity index (χ3v) is 4.57. The van der Waals surface area contributed by atoms with Gasteiger partial charge >= 0.3 is 5.97 Å². The van der Waals surface area contributed by atoms with Crippen molar-refractivity contribution in [1.82, 2.24) is 0 Å². The molecule has 0 spiro atoms. The number of thioether (sulfide) groups is 1. The molecule has 130 valence electrons. The summed E-state index contributed by atoms with van der Waals surface area (Å²) in [5.41, 5.74) is 3.75. The maximum Gasteiger partial charge on any atom is 0.313 e. The van der Waals surface area contributed by atoms with Crippen LogP contribution in [0.1, 0.15) is 22.3 Å². The topological polar surface area (TPSA) is 37.3 Å². The van der Waals surface area contributed by atoms with Crippen LogP contribution in [0.3, 0.4) is 0 Å². The molecule has 0 aliphatic rings. The quantitative estimate of drug-likeness (QED) is 0.539. The monoisotopic (exact) mass is 368 g/mol. The molecule has 0 aromatic heterocycles. The molecule has 0 unspecified atom stereocenters. The largest absolute Gasteiger partial charge is 0.481 e. The molecule has 0 aliphatic carbocycles. The van der Waals surface area contributed by atoms with Gasteiger partial charge in [0.2, 0.25) is 0 Å². The number of carboxylic acids is 1. The molecule has 0 atom stereocenters. The van der Waals surface area contributed by atoms with Gasteiger partial charge in [-0.1, -0.05) is 41.9 Å². The van der Waals surface area contributed by atoms with Crippen LogP contribution in [0.25, 0.3) is 0 Å². The fourth-order valence-corrected chi connectivity index (χ4v) is 2.85. The summed E-state index contributed by atoms with van der Waals surface area (Å²) in [7, 11) is 0. The van der Waals surface area contributed by atoms with E-state index in [1.165, 1.54) is 11.8 Å². The van der Waals surface area contributed by atoms with Crippen molar-refractivity contribution >= 4 is 17.7 Å². The van der Waals surface area contributed by atoms with E-state index in [-0.39, 0.29) is 5.75 Å². The summed E-state index contributed by atoms with van der Waals surface area (Å²) in [5, 5.41) is 8.70. The summed E-state index contributed by atoms with van der Waals surface area (Å²) in [6, 6.07) is 25.3. The molecule has 0 heterocycles. The lowest BCUT2D eigenvalue weighted by molar-refractivity contribution is -0.133. The summed E-state index contributed by atoms with van der Waals surface area (Å²) in [6.45, 7) is 0. The number of rotatable bonds is 3. The maximum absolute atomic E-state index is 10.6. The zero-order valence-corrected chi connectivity index (χ0v) is 15.3. The van der Waals surface area contributed by atoms with Gasteiger partial charge in [-0.3, -0.25) is 4.79 Å². The Labute approximate surface area is 163 Å². The molecule has 0 saturated heterocycles. The lowest BCUT2D eigenvalue weighted by Gasteiger charge is -1.98. The molecule has 2 nitrogen and oxygen atoms in total. The van der Waals surface area contributed by atoms with E-state index in [1.54, 1.807) is 0 Å². The molecule has 0 saturated carbocycles. The number of aliphatic carboxylic acids is 1. The second-order valence-electron chi connectivity index (χ2n) is 5.65. The van der Waals surface area contributed by atoms with Crippen molar-refractivity contribution in [2.24, 2.45) is 0 Å². The smallest absolute Gasteiger partial charge is 0.313 e. The predicted molar refractivity (Wildman–Crippen MR) is 110 cm³/mol. The van der Waals surface area contributed by atoms with Crippen LogP contribution in [0, 0.1) is 23.7 Å². The van der Waals surface area contributed by atoms with Gasteiger partial charge in [0.25, 0.3) is 0 Å². The van der Waals surface area contributed by atoms with Crippen molar-refractivity contribution in [3.63, 3.8) is 0 Å². The standard InChI is InChI=1S/C24H16O2S/c25-24(26)18-27-23-16-14-22(15-17-23)13-12-21-10-8-20(9-11-21)7-6-19-4-2-1-3-5-19/h1-5,8-11,14-17H,18H2,(H,25,26). The van der Waals surface area contributed by atoms with Crippen molar-refractivity contribution in [2.45, 2.75) is 4.90 Å². The Morgan fingerprint density at radius 2 is 1.07 bits per heavy atom. The molecule has 0 bridgehead atoms. The van der Waals surface area contributed by atoms with Gasteiger partial charge in [-0.25, -0.2) is 0 Å². The number of carbonyl (C=O) groups is 1. The van der Waals surface area contributed by atoms with Gasteiger partial charge in [0.15, 0.2) is 0 Å². The molecule has 0 aliphatic heterocycles. The Hall–Kier alpha value is -3.40. The number of benzene rings is 3. The SMILES string of the molecule is O=C(O)CSc1ccc(C#Cc2ccc(C#Cc3ccccc3)cc2)cc1. The van der Waals surface area contributed by atoms with E-state index in [4.69, 9.17) is 5.11 Å². The molecule has 0 amide bonds. The molecule has 0 fully saturated rings. The zero-order chi connectivity index (χ0) is 18.9. The molecule has 3 rings (SSSR count). The average molecular weight is 368 g/mol. The molecule has 3 aromatic rings. The molecule has 27 heavy (non-hydrogen) atoms. The van der Waals surface area contributed by atoms with Crippen LogP contribution in [0.5, 0.6) is 0 Å². The average Bonchev–Trinajstić information content (AvgIpc) is 2.71. The lowest BCUT2D eigenvalue weighted by atomic mass is 10.1. The van der Waals surface area contributed by atoms with Crippen LogP contribution in [0.4, 0.5) is 0 Å². The van der Waals surface area contributed by atoms with Crippen molar-refractivity contribution in [3.05, 3.63) is 101 Å². The fraction of sp³-hybridized carbons (Fsp3) is 0.0417. The highest BCUT2D eigenvalue weighted by Crippen LogP contribution is 2.17. The maximum atomic E-state index is 10.6. The Morgan fingerprint density at radius 3 is 1.52 bits per heavy atom. The van der Waals surface area contributed by atoms with Gasteiger partial charge in [0, 0.05) is 27.1 Å². The van der Waals surface area contributed by atoms with Crippen LogP contribution >= 0.6 is 11.8 Å². The number of hydrogen-bond donors (Lipinski definition) is 1. The van der Waals surface area contributed by atoms with E-state index in [0.29, 0.717) is 0 Å². The van der Waals surface area contributed by atoms with Gasteiger partial charge in [-0.15, -0.1) is 11.8 Å². The highest BCUT2D eigenvalue weighted by atomic mass is 32.2. The Kier molecular flexibility index (Phi) is 6.36. The summed E-state index contributed by atoms with van der Waals surface area (Å²) in [4.78, 5) is 11.5. The highest BCUT2D eigenvalue weighted by Gasteiger charge is 1.99. The molecule has 0 radical (unpaired) electrons. The predicted octanol–water partition coefficient (Wildman–Crippen LogP) is 4.66. The van der Waals surface area contributed by atoms with E-state index in [2.05, 4.69) is 23.7 Å². The first-order valence-corrected chi connectivity index (χ1v) is 9.31. The first-order valence-electron chi connectivity index (χ1n) is 8.33. The van der Waals surface area contributed by atoms with Crippen LogP contribution in [-0.2, 0) is 4.79 Å². The first-order chi connectivity index (χ1) is 13.2. The third kappa shape index (κ3) is 6.12. The van der Waals surface area contributed by atoms with E-state index in [0.717, 1.165) is 27.1 Å². The summed E-state index contributed by atoms with van der Waals surface area (Å²) in [5.74, 6) is 11.8. The highest BCUT2D eigenvalue weighted by molar-refractivity contribution is 8.00. The van der Waals surface area contributed by atoms with E-state index < -0.39 is 5.97 Å². The van der Waals surface area contributed by atoms with Gasteiger partial charge in [-0.2, -0.15) is 0 Å². The van der Waals surface area contributed by atoms with Gasteiger partial charge in [-0.05, 0) is 60.7 Å². The third-order valence-electron chi connectivity index (χ3n) is 3.58. The number of hydrogen-bond acceptors (Lipinski definition) is 2. The molecule has 3 heteroatoms. The minimum Gasteiger partial charge on any atom is -0.481 e. The van der Waals surface area contributed by atoms with Gasteiger partial charge in [0.1, 0.15) is 0 Å². The van der Waals surface area contributed by atoms with Crippen LogP contribution in [0.2, 0.25) is 0 Å². The fourth-order valence-electron chi connectivity index (χ4n) is 2.23. The van der Waals surface area contributed by atoms with E-state index in [9.17, 15) is 4.79 Å². The Morgan fingerprint density at radius 1 is 0.667 bits per heavy atom. The van der Waals surface area contributed by atoms with Gasteiger partial charge in [0.05, 0.1) is 5.75 Å². The van der Waals surface area contributed by atoms with Crippen LogP contribution < -0.4 is 0 Å². The molecule has 3 aromatic carbocycles. The molecular formula is C24H16O2S. The summed E-state index contributed by atoms with van der Waals surface area (Å²) in [6.07, 6.45) is 0. The minimum absolute atomic E-state index is 0.0601. The van der Waals surface area contributed by atoms with Crippen molar-refractivity contribution in [2.75, 3.05) is 5.75 Å². The minimum atomic E-state index is -0.819. The molecule has 1 N–H and O–H groups in total. The second-order valence-corrected chi connectivity index (χ2v) is 6.70. The van der Waals surface area contributed by atoms with Crippen LogP contribution in [-0.4, -0.2) is 16.8 Å². The normalized spacial score (nSPS) is 9.48. The van der Waals surface area contributed by atoms with Gasteiger partial charge < -0.3 is 5.11 Å². The van der Waals surface area contributed by atoms with E-state index >= 15 is 0 Å². The Bertz CT molecular complexity index is 1030. The second kappa shape index (κ2) is 9.34. The van der Waals surface area contributed by atoms with Crippen LogP contribution in [0.15, 0.2) is 83.8 Å². The molecular weight excluding hydrogens is 352 g/mol. The summed E-state index contributed by atoms with van der Waals surface area (Å²) < 4.78 is 0. The first kappa shape index (κ1) is 18.4. The van der Waals surface area contributed by atoms with E-state index in [1.807, 2.05) is 78.9 Å². The van der Waals surface area contributed by atoms with Crippen molar-refractivity contribution in [1.29, 1.82) is 0 Å². The van der Waals surface area contributed by atoms with Crippen molar-refractivity contribution < 1.29 is 9.90 Å². The summed E-state index contributed by atoms with van der Waals surface area (Å²) >= 11 is 1.30. The Balaban J connectivity index is 1.64. The van der Waals surface area contributed by atoms with Crippen molar-refractivity contribution in [3.8, 4) is 23.7 Å². The lowest BCUT2D eigenvalue weighted by Crippen LogP contribution is -1.97. The zero-order valence-electron chi connectivity index (χ0n) is 14.5.